The quantitative estimate of drug-likeness (QED) is 0.535. The smallest absolute Gasteiger partial charge is 0.160 e. The molecule has 0 aliphatic rings. The molecule has 0 saturated heterocycles. The summed E-state index contributed by atoms with van der Waals surface area (Å²) in [7, 11) is 0. The van der Waals surface area contributed by atoms with Gasteiger partial charge in [-0.1, -0.05) is 18.2 Å². The molecule has 1 heteroatoms. The summed E-state index contributed by atoms with van der Waals surface area (Å²) < 4.78 is 0. The third-order valence-corrected chi connectivity index (χ3v) is 1.32. The third kappa shape index (κ3) is 1.44. The minimum absolute atomic E-state index is 0.0729. The lowest BCUT2D eigenvalue weighted by atomic mass is 10.1. The lowest BCUT2D eigenvalue weighted by molar-refractivity contribution is 0.101. The second kappa shape index (κ2) is 2.65. The zero-order valence-corrected chi connectivity index (χ0v) is 6.14. The topological polar surface area (TPSA) is 17.1 Å². The van der Waals surface area contributed by atoms with Crippen LogP contribution in [0, 0.1) is 13.0 Å². The minimum Gasteiger partial charge on any atom is -0.294 e. The normalized spacial score (nSPS) is 9.40. The van der Waals surface area contributed by atoms with Crippen LogP contribution in [0.25, 0.3) is 0 Å². The maximum atomic E-state index is 10.8. The molecule has 1 rings (SSSR count). The van der Waals surface area contributed by atoms with E-state index in [2.05, 4.69) is 6.07 Å². The number of benzene rings is 1. The molecule has 0 atom stereocenters. The highest BCUT2D eigenvalue weighted by Crippen LogP contribution is 2.02. The van der Waals surface area contributed by atoms with E-state index in [-0.39, 0.29) is 5.78 Å². The van der Waals surface area contributed by atoms with Crippen LogP contribution >= 0.6 is 0 Å². The Bertz CT molecular complexity index is 251. The molecule has 51 valence electrons. The van der Waals surface area contributed by atoms with E-state index < -0.39 is 0 Å². The predicted octanol–water partition coefficient (Wildman–Crippen LogP) is 2.00. The van der Waals surface area contributed by atoms with Gasteiger partial charge in [0.2, 0.25) is 0 Å². The van der Waals surface area contributed by atoms with E-state index in [1.807, 2.05) is 19.1 Å². The Labute approximate surface area is 60.7 Å². The van der Waals surface area contributed by atoms with Gasteiger partial charge in [0.15, 0.2) is 5.78 Å². The molecule has 0 aliphatic heterocycles. The fourth-order valence-electron chi connectivity index (χ4n) is 0.790. The van der Waals surface area contributed by atoms with E-state index >= 15 is 0 Å². The number of hydrogen-bond acceptors (Lipinski definition) is 1. The van der Waals surface area contributed by atoms with Crippen molar-refractivity contribution in [3.05, 3.63) is 35.4 Å². The Balaban J connectivity index is 3.07. The lowest BCUT2D eigenvalue weighted by Crippen LogP contribution is -1.91. The van der Waals surface area contributed by atoms with Crippen molar-refractivity contribution in [1.82, 2.24) is 0 Å². The summed E-state index contributed by atoms with van der Waals surface area (Å²) in [6.45, 7) is 3.47. The van der Waals surface area contributed by atoms with Crippen molar-refractivity contribution in [2.75, 3.05) is 0 Å². The molecule has 0 fully saturated rings. The number of ketones is 1. The molecule has 0 N–H and O–H groups in total. The van der Waals surface area contributed by atoms with Crippen molar-refractivity contribution >= 4 is 5.78 Å². The second-order valence-corrected chi connectivity index (χ2v) is 2.30. The summed E-state index contributed by atoms with van der Waals surface area (Å²) in [4.78, 5) is 10.8. The number of Topliss-reactive ketones (excluding diaryl/α,β-unsaturated/α-hetero) is 1. The van der Waals surface area contributed by atoms with Crippen molar-refractivity contribution in [1.29, 1.82) is 0 Å². The largest absolute Gasteiger partial charge is 0.294 e. The van der Waals surface area contributed by atoms with Crippen LogP contribution < -0.4 is 0 Å². The average molecular weight is 133 g/mol. The van der Waals surface area contributed by atoms with Crippen LogP contribution in [-0.2, 0) is 0 Å². The minimum atomic E-state index is 0.0729. The highest BCUT2D eigenvalue weighted by atomic mass is 16.1. The highest BCUT2D eigenvalue weighted by Gasteiger charge is 1.96. The third-order valence-electron chi connectivity index (χ3n) is 1.32. The van der Waals surface area contributed by atoms with Gasteiger partial charge in [-0.15, -0.1) is 0 Å². The van der Waals surface area contributed by atoms with Crippen LogP contribution in [0.4, 0.5) is 0 Å². The molecule has 0 aromatic heterocycles. The predicted molar refractivity (Wildman–Crippen MR) is 40.0 cm³/mol. The first-order chi connectivity index (χ1) is 4.70. The van der Waals surface area contributed by atoms with E-state index in [0.29, 0.717) is 5.56 Å². The first-order valence-corrected chi connectivity index (χ1v) is 3.20. The zero-order valence-electron chi connectivity index (χ0n) is 6.14. The number of rotatable bonds is 1. The van der Waals surface area contributed by atoms with Gasteiger partial charge in [0.1, 0.15) is 0 Å². The number of aryl methyl sites for hydroxylation is 1. The van der Waals surface area contributed by atoms with Crippen molar-refractivity contribution < 1.29 is 4.79 Å². The van der Waals surface area contributed by atoms with Gasteiger partial charge in [-0.25, -0.2) is 0 Å². The zero-order chi connectivity index (χ0) is 7.56. The van der Waals surface area contributed by atoms with Crippen LogP contribution in [0.3, 0.4) is 0 Å². The van der Waals surface area contributed by atoms with Gasteiger partial charge in [-0.05, 0) is 25.5 Å². The summed E-state index contributed by atoms with van der Waals surface area (Å²) in [5.74, 6) is 0.0729. The highest BCUT2D eigenvalue weighted by molar-refractivity contribution is 5.93. The van der Waals surface area contributed by atoms with E-state index in [0.717, 1.165) is 5.56 Å². The molecule has 1 radical (unpaired) electrons. The van der Waals surface area contributed by atoms with Crippen molar-refractivity contribution in [3.8, 4) is 0 Å². The Morgan fingerprint density at radius 1 is 1.50 bits per heavy atom. The molecule has 0 unspecified atom stereocenters. The monoisotopic (exact) mass is 133 g/mol. The molecule has 1 aromatic rings. The maximum absolute atomic E-state index is 10.8. The first-order valence-electron chi connectivity index (χ1n) is 3.20. The summed E-state index contributed by atoms with van der Waals surface area (Å²) in [5, 5.41) is 0. The van der Waals surface area contributed by atoms with Gasteiger partial charge in [0, 0.05) is 5.56 Å². The summed E-state index contributed by atoms with van der Waals surface area (Å²) >= 11 is 0. The summed E-state index contributed by atoms with van der Waals surface area (Å²) in [6, 6.07) is 8.52. The second-order valence-electron chi connectivity index (χ2n) is 2.30. The van der Waals surface area contributed by atoms with Gasteiger partial charge in [0.25, 0.3) is 0 Å². The lowest BCUT2D eigenvalue weighted by Gasteiger charge is -1.93. The molecule has 1 aromatic carbocycles. The Hall–Kier alpha value is -1.11. The van der Waals surface area contributed by atoms with E-state index in [1.165, 1.54) is 0 Å². The summed E-state index contributed by atoms with van der Waals surface area (Å²) in [5.41, 5.74) is 1.67. The average Bonchev–Trinajstić information content (AvgIpc) is 1.88. The Morgan fingerprint density at radius 2 is 2.20 bits per heavy atom. The SMILES string of the molecule is CC(=O)c1[c]c(C)ccc1. The van der Waals surface area contributed by atoms with Gasteiger partial charge < -0.3 is 0 Å². The molecular weight excluding hydrogens is 124 g/mol. The molecule has 0 saturated carbocycles. The Morgan fingerprint density at radius 3 is 2.60 bits per heavy atom. The number of carbonyl (C=O) groups is 1. The molecule has 0 heterocycles. The fraction of sp³-hybridized carbons (Fsp3) is 0.222. The van der Waals surface area contributed by atoms with E-state index in [9.17, 15) is 4.79 Å². The number of hydrogen-bond donors (Lipinski definition) is 0. The van der Waals surface area contributed by atoms with Crippen LogP contribution in [0.2, 0.25) is 0 Å². The van der Waals surface area contributed by atoms with Crippen molar-refractivity contribution in [3.63, 3.8) is 0 Å². The van der Waals surface area contributed by atoms with Gasteiger partial charge in [0.05, 0.1) is 0 Å². The standard InChI is InChI=1S/C9H9O/c1-7-4-3-5-9(6-7)8(2)10/h3-5H,1-2H3. The number of carbonyl (C=O) groups excluding carboxylic acids is 1. The first kappa shape index (κ1) is 7.00. The van der Waals surface area contributed by atoms with Gasteiger partial charge in [-0.2, -0.15) is 0 Å². The van der Waals surface area contributed by atoms with Crippen molar-refractivity contribution in [2.45, 2.75) is 13.8 Å². The molecule has 10 heavy (non-hydrogen) atoms. The van der Waals surface area contributed by atoms with E-state index in [1.54, 1.807) is 13.0 Å². The van der Waals surface area contributed by atoms with Crippen LogP contribution in [0.5, 0.6) is 0 Å². The molecule has 0 bridgehead atoms. The molecule has 0 spiro atoms. The fourth-order valence-corrected chi connectivity index (χ4v) is 0.790. The molecular formula is C9H9O. The van der Waals surface area contributed by atoms with Gasteiger partial charge >= 0.3 is 0 Å². The van der Waals surface area contributed by atoms with Crippen LogP contribution in [0.1, 0.15) is 22.8 Å². The summed E-state index contributed by atoms with van der Waals surface area (Å²) in [6.07, 6.45) is 0. The maximum Gasteiger partial charge on any atom is 0.160 e. The molecule has 0 aliphatic carbocycles. The molecule has 1 nitrogen and oxygen atoms in total. The van der Waals surface area contributed by atoms with Crippen molar-refractivity contribution in [2.24, 2.45) is 0 Å². The molecule has 0 amide bonds. The van der Waals surface area contributed by atoms with Gasteiger partial charge in [-0.3, -0.25) is 4.79 Å². The van der Waals surface area contributed by atoms with Crippen LogP contribution in [-0.4, -0.2) is 5.78 Å². The van der Waals surface area contributed by atoms with E-state index in [4.69, 9.17) is 0 Å². The van der Waals surface area contributed by atoms with Crippen LogP contribution in [0.15, 0.2) is 18.2 Å². The Kier molecular flexibility index (Phi) is 1.86.